The molecule has 0 aliphatic rings. The maximum Gasteiger partial charge on any atom is 0.401 e. The molecule has 1 aromatic heterocycles. The average Bonchev–Trinajstić information content (AvgIpc) is 2.41. The van der Waals surface area contributed by atoms with Crippen LogP contribution in [0.4, 0.5) is 26.3 Å². The lowest BCUT2D eigenvalue weighted by Gasteiger charge is -2.26. The standard InChI is InChI=1S/C8H3Br3F6S/c9-2-1-3(18-6(2)11)4(10)5(7(12,13)14)8(15,16)17/h1,4-5H. The first-order valence-corrected chi connectivity index (χ1v) is 7.48. The molecule has 0 nitrogen and oxygen atoms in total. The maximum absolute atomic E-state index is 12.5. The summed E-state index contributed by atoms with van der Waals surface area (Å²) < 4.78 is 75.8. The van der Waals surface area contributed by atoms with Gasteiger partial charge in [0.2, 0.25) is 0 Å². The van der Waals surface area contributed by atoms with Gasteiger partial charge in [0.1, 0.15) is 0 Å². The molecule has 0 aliphatic heterocycles. The Morgan fingerprint density at radius 3 is 1.72 bits per heavy atom. The smallest absolute Gasteiger partial charge is 0.170 e. The van der Waals surface area contributed by atoms with Gasteiger partial charge >= 0.3 is 12.4 Å². The van der Waals surface area contributed by atoms with Crippen LogP contribution in [0, 0.1) is 5.92 Å². The molecule has 0 aliphatic carbocycles. The molecule has 1 atom stereocenters. The van der Waals surface area contributed by atoms with Crippen molar-refractivity contribution in [3.05, 3.63) is 19.2 Å². The fourth-order valence-electron chi connectivity index (χ4n) is 1.18. The first-order chi connectivity index (χ1) is 7.94. The van der Waals surface area contributed by atoms with Crippen molar-refractivity contribution >= 4 is 59.1 Å². The van der Waals surface area contributed by atoms with Crippen molar-refractivity contribution in [3.8, 4) is 0 Å². The quantitative estimate of drug-likeness (QED) is 0.334. The Kier molecular flexibility index (Phi) is 5.23. The fourth-order valence-corrected chi connectivity index (χ4v) is 4.30. The van der Waals surface area contributed by atoms with Crippen LogP contribution >= 0.6 is 59.1 Å². The maximum atomic E-state index is 12.5. The minimum atomic E-state index is -5.37. The summed E-state index contributed by atoms with van der Waals surface area (Å²) in [5.41, 5.74) is 0. The van der Waals surface area contributed by atoms with Crippen LogP contribution in [0.1, 0.15) is 9.70 Å². The minimum Gasteiger partial charge on any atom is -0.170 e. The number of hydrogen-bond donors (Lipinski definition) is 0. The molecule has 0 aromatic carbocycles. The van der Waals surface area contributed by atoms with Crippen molar-refractivity contribution in [2.24, 2.45) is 5.92 Å². The van der Waals surface area contributed by atoms with Crippen molar-refractivity contribution < 1.29 is 26.3 Å². The van der Waals surface area contributed by atoms with Gasteiger partial charge in [-0.05, 0) is 37.9 Å². The Hall–Kier alpha value is 0.720. The number of thiophene rings is 1. The van der Waals surface area contributed by atoms with Gasteiger partial charge in [-0.3, -0.25) is 0 Å². The van der Waals surface area contributed by atoms with Crippen LogP contribution in [0.5, 0.6) is 0 Å². The van der Waals surface area contributed by atoms with E-state index in [2.05, 4.69) is 47.8 Å². The van der Waals surface area contributed by atoms with Crippen LogP contribution in [-0.2, 0) is 0 Å². The van der Waals surface area contributed by atoms with E-state index in [1.54, 1.807) is 0 Å². The van der Waals surface area contributed by atoms with Crippen LogP contribution in [0.25, 0.3) is 0 Å². The molecule has 1 unspecified atom stereocenters. The van der Waals surface area contributed by atoms with Gasteiger partial charge in [0.15, 0.2) is 5.92 Å². The van der Waals surface area contributed by atoms with Crippen LogP contribution in [-0.4, -0.2) is 12.4 Å². The summed E-state index contributed by atoms with van der Waals surface area (Å²) in [6, 6.07) is 1.22. The van der Waals surface area contributed by atoms with Gasteiger partial charge < -0.3 is 0 Å². The Labute approximate surface area is 127 Å². The lowest BCUT2D eigenvalue weighted by Crippen LogP contribution is -2.39. The monoisotopic (exact) mass is 482 g/mol. The molecule has 0 N–H and O–H groups in total. The molecule has 1 aromatic rings. The molecule has 18 heavy (non-hydrogen) atoms. The molecule has 0 saturated heterocycles. The lowest BCUT2D eigenvalue weighted by molar-refractivity contribution is -0.283. The van der Waals surface area contributed by atoms with Crippen molar-refractivity contribution in [2.75, 3.05) is 0 Å². The van der Waals surface area contributed by atoms with E-state index in [0.29, 0.717) is 8.26 Å². The topological polar surface area (TPSA) is 0 Å². The third-order valence-electron chi connectivity index (χ3n) is 1.93. The van der Waals surface area contributed by atoms with Gasteiger partial charge in [-0.2, -0.15) is 26.3 Å². The molecular formula is C8H3Br3F6S. The molecule has 0 fully saturated rings. The van der Waals surface area contributed by atoms with Crippen LogP contribution in [0.3, 0.4) is 0 Å². The molecule has 0 bridgehead atoms. The van der Waals surface area contributed by atoms with E-state index in [1.807, 2.05) is 0 Å². The SMILES string of the molecule is FC(F)(F)C(C(Br)c1cc(Br)c(Br)s1)C(F)(F)F. The largest absolute Gasteiger partial charge is 0.401 e. The summed E-state index contributed by atoms with van der Waals surface area (Å²) in [6.45, 7) is 0. The second-order valence-corrected chi connectivity index (χ2v) is 7.48. The first-order valence-electron chi connectivity index (χ1n) is 4.17. The van der Waals surface area contributed by atoms with E-state index in [-0.39, 0.29) is 4.88 Å². The molecule has 0 radical (unpaired) electrons. The average molecular weight is 485 g/mol. The second-order valence-electron chi connectivity index (χ2n) is 3.23. The molecular weight excluding hydrogens is 482 g/mol. The molecule has 10 heteroatoms. The van der Waals surface area contributed by atoms with E-state index in [1.165, 1.54) is 6.07 Å². The van der Waals surface area contributed by atoms with Gasteiger partial charge in [0.25, 0.3) is 0 Å². The highest BCUT2D eigenvalue weighted by Gasteiger charge is 2.60. The van der Waals surface area contributed by atoms with E-state index in [0.717, 1.165) is 11.3 Å². The first kappa shape index (κ1) is 16.8. The zero-order valence-electron chi connectivity index (χ0n) is 8.04. The number of rotatable bonds is 2. The van der Waals surface area contributed by atoms with Crippen LogP contribution in [0.15, 0.2) is 14.3 Å². The number of halogens is 9. The molecule has 104 valence electrons. The van der Waals surface area contributed by atoms with Crippen molar-refractivity contribution in [3.63, 3.8) is 0 Å². The van der Waals surface area contributed by atoms with Crippen LogP contribution in [0.2, 0.25) is 0 Å². The van der Waals surface area contributed by atoms with E-state index in [9.17, 15) is 26.3 Å². The number of hydrogen-bond acceptors (Lipinski definition) is 1. The highest BCUT2D eigenvalue weighted by molar-refractivity contribution is 9.13. The highest BCUT2D eigenvalue weighted by Crippen LogP contribution is 2.52. The van der Waals surface area contributed by atoms with Gasteiger partial charge in [0.05, 0.1) is 8.61 Å². The van der Waals surface area contributed by atoms with E-state index in [4.69, 9.17) is 0 Å². The van der Waals surface area contributed by atoms with Gasteiger partial charge in [-0.15, -0.1) is 11.3 Å². The Morgan fingerprint density at radius 1 is 1.00 bits per heavy atom. The molecule has 0 amide bonds. The zero-order valence-corrected chi connectivity index (χ0v) is 13.6. The Balaban J connectivity index is 3.15. The third kappa shape index (κ3) is 3.86. The zero-order chi connectivity index (χ0) is 14.3. The third-order valence-corrected chi connectivity index (χ3v) is 6.60. The summed E-state index contributed by atoms with van der Waals surface area (Å²) in [6.07, 6.45) is -10.7. The minimum absolute atomic E-state index is 0.0617. The molecule has 1 rings (SSSR count). The van der Waals surface area contributed by atoms with E-state index < -0.39 is 23.1 Å². The van der Waals surface area contributed by atoms with Crippen molar-refractivity contribution in [1.82, 2.24) is 0 Å². The summed E-state index contributed by atoms with van der Waals surface area (Å²) in [4.78, 5) is -1.93. The fraction of sp³-hybridized carbons (Fsp3) is 0.500. The Bertz CT molecular complexity index is 390. The van der Waals surface area contributed by atoms with Crippen molar-refractivity contribution in [1.29, 1.82) is 0 Å². The predicted octanol–water partition coefficient (Wildman–Crippen LogP) is 6.45. The Morgan fingerprint density at radius 2 is 1.44 bits per heavy atom. The second kappa shape index (κ2) is 5.61. The summed E-state index contributed by atoms with van der Waals surface area (Å²) in [5.74, 6) is -3.44. The summed E-state index contributed by atoms with van der Waals surface area (Å²) in [5, 5.41) is 0. The molecule has 1 heterocycles. The van der Waals surface area contributed by atoms with Gasteiger partial charge in [-0.1, -0.05) is 15.9 Å². The normalized spacial score (nSPS) is 15.2. The van der Waals surface area contributed by atoms with Crippen molar-refractivity contribution in [2.45, 2.75) is 17.2 Å². The van der Waals surface area contributed by atoms with Gasteiger partial charge in [-0.25, -0.2) is 0 Å². The number of alkyl halides is 7. The van der Waals surface area contributed by atoms with Crippen LogP contribution < -0.4 is 0 Å². The van der Waals surface area contributed by atoms with E-state index >= 15 is 0 Å². The predicted molar refractivity (Wildman–Crippen MR) is 67.0 cm³/mol. The summed E-state index contributed by atoms with van der Waals surface area (Å²) >= 11 is 9.34. The lowest BCUT2D eigenvalue weighted by atomic mass is 10.0. The molecule has 0 spiro atoms. The highest BCUT2D eigenvalue weighted by atomic mass is 79.9. The van der Waals surface area contributed by atoms with Gasteiger partial charge in [0, 0.05) is 9.35 Å². The molecule has 0 saturated carbocycles. The summed E-state index contributed by atoms with van der Waals surface area (Å²) in [7, 11) is 0.